The molecule has 2 unspecified atom stereocenters. The second-order valence-electron chi connectivity index (χ2n) is 7.78. The van der Waals surface area contributed by atoms with Crippen LogP contribution in [0.1, 0.15) is 37.8 Å². The van der Waals surface area contributed by atoms with Gasteiger partial charge in [0.25, 0.3) is 6.43 Å². The predicted molar refractivity (Wildman–Crippen MR) is 120 cm³/mol. The van der Waals surface area contributed by atoms with Gasteiger partial charge in [-0.25, -0.2) is 18.3 Å². The van der Waals surface area contributed by atoms with Gasteiger partial charge in [-0.05, 0) is 24.6 Å². The quantitative estimate of drug-likeness (QED) is 0.322. The Morgan fingerprint density at radius 3 is 2.61 bits per heavy atom. The van der Waals surface area contributed by atoms with E-state index in [0.717, 1.165) is 25.7 Å². The number of alkyl halides is 2. The van der Waals surface area contributed by atoms with Crippen molar-refractivity contribution < 1.29 is 29.8 Å². The van der Waals surface area contributed by atoms with E-state index in [1.165, 1.54) is 4.68 Å². The minimum Gasteiger partial charge on any atom is -0.366 e. The molecule has 33 heavy (non-hydrogen) atoms. The molecule has 0 amide bonds. The van der Waals surface area contributed by atoms with Crippen LogP contribution in [0.5, 0.6) is 0 Å². The fourth-order valence-electron chi connectivity index (χ4n) is 4.03. The standard InChI is InChI=1S/C22H22F2N7.CH3.W/c23-22(24)21-15(13-31(29-21)14-6-2-1-3-7-14)18-12-20-27-19(10-11-30(20)28-18)26-17-9-5-4-8-16(17)25;;/h2-3,6-7,10-13,16-17,22H,4-5,8-9,25H2,(H,26,27);1H3;/q2*-1;+2. The van der Waals surface area contributed by atoms with Crippen molar-refractivity contribution in [1.29, 1.82) is 0 Å². The van der Waals surface area contributed by atoms with Gasteiger partial charge in [0.05, 0.1) is 5.69 Å². The first-order valence-corrected chi connectivity index (χ1v) is 10.3. The molecule has 3 N–H and O–H groups in total. The van der Waals surface area contributed by atoms with Crippen LogP contribution in [0.25, 0.3) is 22.6 Å². The largest absolute Gasteiger partial charge is 2.00 e. The zero-order valence-corrected chi connectivity index (χ0v) is 21.1. The molecule has 172 valence electrons. The van der Waals surface area contributed by atoms with Crippen LogP contribution in [-0.2, 0) is 21.1 Å². The molecule has 3 heterocycles. The molecular formula is C23H25F2N7W. The van der Waals surface area contributed by atoms with Gasteiger partial charge in [0, 0.05) is 36.1 Å². The van der Waals surface area contributed by atoms with Crippen LogP contribution in [0.3, 0.4) is 0 Å². The SMILES string of the molecule is NC1CCCCC1Nc1ccn2nc(-c3cn(-c4cc[c-]cc4)nc3C(F)F)cc2n1.[CH3-].[W+2]. The molecule has 10 heteroatoms. The van der Waals surface area contributed by atoms with Crippen LogP contribution in [0, 0.1) is 13.5 Å². The average molecular weight is 621 g/mol. The molecular weight excluding hydrogens is 596 g/mol. The number of rotatable bonds is 5. The maximum absolute atomic E-state index is 13.7. The van der Waals surface area contributed by atoms with Gasteiger partial charge < -0.3 is 18.5 Å². The molecule has 0 radical (unpaired) electrons. The molecule has 0 saturated heterocycles. The molecule has 1 aliphatic carbocycles. The summed E-state index contributed by atoms with van der Waals surface area (Å²) in [7, 11) is 0. The molecule has 5 rings (SSSR count). The predicted octanol–water partition coefficient (Wildman–Crippen LogP) is 4.45. The third-order valence-corrected chi connectivity index (χ3v) is 5.67. The van der Waals surface area contributed by atoms with Crippen molar-refractivity contribution in [3.05, 3.63) is 68.0 Å². The smallest absolute Gasteiger partial charge is 0.366 e. The number of nitrogens with one attached hydrogen (secondary N) is 1. The molecule has 0 spiro atoms. The number of nitrogens with zero attached hydrogens (tertiary/aromatic N) is 5. The molecule has 0 bridgehead atoms. The first kappa shape index (κ1) is 25.0. The second-order valence-corrected chi connectivity index (χ2v) is 7.78. The number of hydrogen-bond donors (Lipinski definition) is 2. The fraction of sp³-hybridized carbons (Fsp3) is 0.304. The summed E-state index contributed by atoms with van der Waals surface area (Å²) in [5.74, 6) is 0.701. The Labute approximate surface area is 205 Å². The van der Waals surface area contributed by atoms with E-state index in [4.69, 9.17) is 5.73 Å². The Balaban J connectivity index is 0.00000153. The molecule has 7 nitrogen and oxygen atoms in total. The maximum Gasteiger partial charge on any atom is 2.00 e. The first-order chi connectivity index (χ1) is 15.1. The Morgan fingerprint density at radius 2 is 1.88 bits per heavy atom. The van der Waals surface area contributed by atoms with Gasteiger partial charge in [0.2, 0.25) is 0 Å². The van der Waals surface area contributed by atoms with Gasteiger partial charge in [-0.15, -0.1) is 12.1 Å². The monoisotopic (exact) mass is 621 g/mol. The summed E-state index contributed by atoms with van der Waals surface area (Å²) in [5, 5.41) is 11.9. The van der Waals surface area contributed by atoms with E-state index >= 15 is 0 Å². The van der Waals surface area contributed by atoms with E-state index in [0.29, 0.717) is 22.8 Å². The van der Waals surface area contributed by atoms with Crippen LogP contribution in [0.15, 0.2) is 48.8 Å². The number of fused-ring (bicyclic) bond motifs is 1. The third kappa shape index (κ3) is 5.14. The van der Waals surface area contributed by atoms with Crippen molar-refractivity contribution in [3.63, 3.8) is 0 Å². The molecule has 4 aromatic rings. The molecule has 3 aromatic heterocycles. The van der Waals surface area contributed by atoms with Crippen LogP contribution < -0.4 is 11.1 Å². The van der Waals surface area contributed by atoms with E-state index in [2.05, 4.69) is 26.6 Å². The van der Waals surface area contributed by atoms with Crippen LogP contribution in [-0.4, -0.2) is 36.5 Å². The van der Waals surface area contributed by atoms with E-state index in [1.54, 1.807) is 47.2 Å². The Morgan fingerprint density at radius 1 is 1.12 bits per heavy atom. The molecule has 1 aromatic carbocycles. The van der Waals surface area contributed by atoms with E-state index in [-0.39, 0.29) is 51.8 Å². The number of aromatic nitrogens is 5. The minimum atomic E-state index is -2.73. The first-order valence-electron chi connectivity index (χ1n) is 10.3. The zero-order valence-electron chi connectivity index (χ0n) is 18.2. The minimum absolute atomic E-state index is 0. The number of benzene rings is 1. The van der Waals surface area contributed by atoms with Crippen LogP contribution in [0.2, 0.25) is 0 Å². The summed E-state index contributed by atoms with van der Waals surface area (Å²) >= 11 is 0. The van der Waals surface area contributed by atoms with Gasteiger partial charge in [-0.2, -0.15) is 28.4 Å². The summed E-state index contributed by atoms with van der Waals surface area (Å²) in [4.78, 5) is 4.60. The number of halogens is 2. The second kappa shape index (κ2) is 10.5. The van der Waals surface area contributed by atoms with Gasteiger partial charge in [-0.3, -0.25) is 4.68 Å². The van der Waals surface area contributed by atoms with Crippen molar-refractivity contribution in [1.82, 2.24) is 24.4 Å². The summed E-state index contributed by atoms with van der Waals surface area (Å²) in [6.07, 6.45) is 4.91. The summed E-state index contributed by atoms with van der Waals surface area (Å²) in [5.41, 5.74) is 7.81. The third-order valence-electron chi connectivity index (χ3n) is 5.67. The Kier molecular flexibility index (Phi) is 7.97. The number of hydrogen-bond acceptors (Lipinski definition) is 5. The molecule has 1 fully saturated rings. The number of anilines is 1. The average Bonchev–Trinajstić information content (AvgIpc) is 3.40. The van der Waals surface area contributed by atoms with Gasteiger partial charge >= 0.3 is 21.1 Å². The molecule has 0 aliphatic heterocycles. The summed E-state index contributed by atoms with van der Waals surface area (Å²) in [6.45, 7) is 0. The van der Waals surface area contributed by atoms with Gasteiger partial charge in [0.15, 0.2) is 5.65 Å². The van der Waals surface area contributed by atoms with Crippen LogP contribution >= 0.6 is 0 Å². The van der Waals surface area contributed by atoms with Crippen molar-refractivity contribution in [3.8, 4) is 16.9 Å². The fourth-order valence-corrected chi connectivity index (χ4v) is 4.03. The summed E-state index contributed by atoms with van der Waals surface area (Å²) < 4.78 is 30.4. The van der Waals surface area contributed by atoms with E-state index in [9.17, 15) is 8.78 Å². The van der Waals surface area contributed by atoms with E-state index < -0.39 is 6.43 Å². The van der Waals surface area contributed by atoms with Crippen molar-refractivity contribution >= 4 is 11.5 Å². The van der Waals surface area contributed by atoms with E-state index in [1.807, 2.05) is 6.07 Å². The molecule has 1 aliphatic rings. The van der Waals surface area contributed by atoms with Gasteiger partial charge in [-0.1, -0.05) is 12.8 Å². The normalized spacial score (nSPS) is 18.1. The van der Waals surface area contributed by atoms with Gasteiger partial charge in [0.1, 0.15) is 11.5 Å². The topological polar surface area (TPSA) is 86.1 Å². The summed E-state index contributed by atoms with van der Waals surface area (Å²) in [6, 6.07) is 13.6. The van der Waals surface area contributed by atoms with Crippen molar-refractivity contribution in [2.75, 3.05) is 5.32 Å². The molecule has 2 atom stereocenters. The zero-order chi connectivity index (χ0) is 21.4. The molecule has 1 saturated carbocycles. The number of nitrogens with two attached hydrogens (primary N) is 1. The maximum atomic E-state index is 13.7. The van der Waals surface area contributed by atoms with Crippen molar-refractivity contribution in [2.24, 2.45) is 5.73 Å². The Hall–Kier alpha value is -2.64. The van der Waals surface area contributed by atoms with Crippen LogP contribution in [0.4, 0.5) is 14.6 Å². The van der Waals surface area contributed by atoms with Crippen molar-refractivity contribution in [2.45, 2.75) is 44.2 Å². The Bertz CT molecular complexity index is 1190.